The van der Waals surface area contributed by atoms with Crippen molar-refractivity contribution in [2.75, 3.05) is 6.61 Å². The molecule has 1 saturated carbocycles. The fraction of sp³-hybridized carbons (Fsp3) is 0.846. The molecule has 1 fully saturated rings. The minimum Gasteiger partial charge on any atom is -0.396 e. The van der Waals surface area contributed by atoms with E-state index in [-0.39, 0.29) is 0 Å². The molecule has 2 unspecified atom stereocenters. The third kappa shape index (κ3) is 1.42. The summed E-state index contributed by atoms with van der Waals surface area (Å²) in [4.78, 5) is 0. The van der Waals surface area contributed by atoms with E-state index >= 15 is 0 Å². The largest absolute Gasteiger partial charge is 0.396 e. The Kier molecular flexibility index (Phi) is 2.70. The smallest absolute Gasteiger partial charge is 0.0433 e. The van der Waals surface area contributed by atoms with E-state index in [0.717, 1.165) is 18.3 Å². The monoisotopic (exact) mass is 194 g/mol. The van der Waals surface area contributed by atoms with Crippen LogP contribution >= 0.6 is 0 Å². The zero-order valence-electron chi connectivity index (χ0n) is 9.42. The van der Waals surface area contributed by atoms with Crippen LogP contribution in [0.4, 0.5) is 0 Å². The molecule has 1 heteroatoms. The summed E-state index contributed by atoms with van der Waals surface area (Å²) in [5, 5.41) is 9.08. The van der Waals surface area contributed by atoms with Crippen molar-refractivity contribution in [3.8, 4) is 0 Å². The number of aliphatic hydroxyl groups is 1. The zero-order chi connectivity index (χ0) is 10.2. The van der Waals surface area contributed by atoms with Crippen molar-refractivity contribution in [1.29, 1.82) is 0 Å². The first-order chi connectivity index (χ1) is 6.68. The average Bonchev–Trinajstić information content (AvgIpc) is 2.46. The SMILES string of the molecule is CC1=CCCC2(C)C1CC[C@@H]2CCO. The predicted octanol–water partition coefficient (Wildman–Crippen LogP) is 3.14. The fourth-order valence-corrected chi connectivity index (χ4v) is 3.82. The number of fused-ring (bicyclic) bond motifs is 1. The van der Waals surface area contributed by atoms with Gasteiger partial charge < -0.3 is 5.11 Å². The van der Waals surface area contributed by atoms with Gasteiger partial charge in [0.05, 0.1) is 0 Å². The molecule has 80 valence electrons. The molecular weight excluding hydrogens is 172 g/mol. The summed E-state index contributed by atoms with van der Waals surface area (Å²) in [6, 6.07) is 0. The molecule has 0 bridgehead atoms. The van der Waals surface area contributed by atoms with Crippen LogP contribution in [0.3, 0.4) is 0 Å². The van der Waals surface area contributed by atoms with Gasteiger partial charge in [-0.05, 0) is 56.3 Å². The number of allylic oxidation sites excluding steroid dienone is 2. The molecule has 0 radical (unpaired) electrons. The quantitative estimate of drug-likeness (QED) is 0.670. The Labute approximate surface area is 87.2 Å². The van der Waals surface area contributed by atoms with E-state index in [2.05, 4.69) is 19.9 Å². The van der Waals surface area contributed by atoms with Crippen LogP contribution in [-0.2, 0) is 0 Å². The first-order valence-corrected chi connectivity index (χ1v) is 5.96. The van der Waals surface area contributed by atoms with Crippen LogP contribution in [-0.4, -0.2) is 11.7 Å². The van der Waals surface area contributed by atoms with Crippen molar-refractivity contribution >= 4 is 0 Å². The highest BCUT2D eigenvalue weighted by molar-refractivity contribution is 5.16. The number of hydrogen-bond acceptors (Lipinski definition) is 1. The molecule has 2 aliphatic carbocycles. The van der Waals surface area contributed by atoms with Gasteiger partial charge in [-0.25, -0.2) is 0 Å². The van der Waals surface area contributed by atoms with Crippen LogP contribution in [0, 0.1) is 17.3 Å². The van der Waals surface area contributed by atoms with Crippen LogP contribution in [0.5, 0.6) is 0 Å². The molecule has 0 heterocycles. The van der Waals surface area contributed by atoms with Crippen LogP contribution in [0.1, 0.15) is 46.0 Å². The first-order valence-electron chi connectivity index (χ1n) is 5.96. The first kappa shape index (κ1) is 10.2. The average molecular weight is 194 g/mol. The lowest BCUT2D eigenvalue weighted by atomic mass is 9.65. The predicted molar refractivity (Wildman–Crippen MR) is 59.0 cm³/mol. The molecule has 1 nitrogen and oxygen atoms in total. The Bertz CT molecular complexity index is 244. The highest BCUT2D eigenvalue weighted by atomic mass is 16.3. The van der Waals surface area contributed by atoms with Gasteiger partial charge in [-0.1, -0.05) is 18.6 Å². The van der Waals surface area contributed by atoms with E-state index in [1.54, 1.807) is 5.57 Å². The minimum atomic E-state index is 0.371. The van der Waals surface area contributed by atoms with Gasteiger partial charge in [0.2, 0.25) is 0 Å². The molecular formula is C13H22O. The van der Waals surface area contributed by atoms with E-state index in [9.17, 15) is 0 Å². The Morgan fingerprint density at radius 1 is 1.50 bits per heavy atom. The van der Waals surface area contributed by atoms with Crippen molar-refractivity contribution in [2.45, 2.75) is 46.0 Å². The van der Waals surface area contributed by atoms with Gasteiger partial charge in [-0.3, -0.25) is 0 Å². The molecule has 0 amide bonds. The molecule has 2 rings (SSSR count). The summed E-state index contributed by atoms with van der Waals surface area (Å²) in [7, 11) is 0. The Hall–Kier alpha value is -0.300. The molecule has 1 N–H and O–H groups in total. The number of aliphatic hydroxyl groups excluding tert-OH is 1. The molecule has 0 aliphatic heterocycles. The van der Waals surface area contributed by atoms with Gasteiger partial charge in [0.25, 0.3) is 0 Å². The Morgan fingerprint density at radius 3 is 3.00 bits per heavy atom. The number of hydrogen-bond donors (Lipinski definition) is 1. The summed E-state index contributed by atoms with van der Waals surface area (Å²) in [6.07, 6.45) is 8.70. The van der Waals surface area contributed by atoms with Gasteiger partial charge in [0.15, 0.2) is 0 Å². The van der Waals surface area contributed by atoms with E-state index in [1.165, 1.54) is 25.7 Å². The van der Waals surface area contributed by atoms with Crippen molar-refractivity contribution in [3.63, 3.8) is 0 Å². The van der Waals surface area contributed by atoms with Crippen molar-refractivity contribution in [3.05, 3.63) is 11.6 Å². The summed E-state index contributed by atoms with van der Waals surface area (Å²) < 4.78 is 0. The molecule has 0 aromatic carbocycles. The maximum Gasteiger partial charge on any atom is 0.0433 e. The van der Waals surface area contributed by atoms with Crippen LogP contribution in [0.2, 0.25) is 0 Å². The third-order valence-electron chi connectivity index (χ3n) is 4.71. The van der Waals surface area contributed by atoms with Gasteiger partial charge in [0.1, 0.15) is 0 Å². The van der Waals surface area contributed by atoms with Gasteiger partial charge in [0, 0.05) is 6.61 Å². The third-order valence-corrected chi connectivity index (χ3v) is 4.71. The van der Waals surface area contributed by atoms with E-state index in [4.69, 9.17) is 5.11 Å². The van der Waals surface area contributed by atoms with E-state index in [0.29, 0.717) is 12.0 Å². The molecule has 0 spiro atoms. The van der Waals surface area contributed by atoms with Gasteiger partial charge >= 0.3 is 0 Å². The highest BCUT2D eigenvalue weighted by Crippen LogP contribution is 2.56. The zero-order valence-corrected chi connectivity index (χ0v) is 9.42. The summed E-state index contributed by atoms with van der Waals surface area (Å²) in [6.45, 7) is 5.11. The maximum atomic E-state index is 9.08. The fourth-order valence-electron chi connectivity index (χ4n) is 3.82. The van der Waals surface area contributed by atoms with Crippen molar-refractivity contribution < 1.29 is 5.11 Å². The normalized spacial score (nSPS) is 42.1. The highest BCUT2D eigenvalue weighted by Gasteiger charge is 2.47. The van der Waals surface area contributed by atoms with E-state index < -0.39 is 0 Å². The molecule has 0 saturated heterocycles. The van der Waals surface area contributed by atoms with Gasteiger partial charge in [-0.2, -0.15) is 0 Å². The van der Waals surface area contributed by atoms with Crippen molar-refractivity contribution in [1.82, 2.24) is 0 Å². The van der Waals surface area contributed by atoms with Crippen LogP contribution in [0.15, 0.2) is 11.6 Å². The molecule has 3 atom stereocenters. The lowest BCUT2D eigenvalue weighted by Crippen LogP contribution is -2.32. The summed E-state index contributed by atoms with van der Waals surface area (Å²) in [5.41, 5.74) is 2.11. The Morgan fingerprint density at radius 2 is 2.29 bits per heavy atom. The summed E-state index contributed by atoms with van der Waals surface area (Å²) in [5.74, 6) is 1.58. The summed E-state index contributed by atoms with van der Waals surface area (Å²) >= 11 is 0. The second-order valence-corrected chi connectivity index (χ2v) is 5.33. The molecule has 0 aromatic heterocycles. The Balaban J connectivity index is 2.18. The molecule has 2 aliphatic rings. The maximum absolute atomic E-state index is 9.08. The second kappa shape index (κ2) is 3.69. The van der Waals surface area contributed by atoms with E-state index in [1.807, 2.05) is 0 Å². The minimum absolute atomic E-state index is 0.371. The van der Waals surface area contributed by atoms with Crippen LogP contribution < -0.4 is 0 Å². The van der Waals surface area contributed by atoms with Gasteiger partial charge in [-0.15, -0.1) is 0 Å². The standard InChI is InChI=1S/C13H22O/c1-10-4-3-8-13(2)11(7-9-14)5-6-12(10)13/h4,11-12,14H,3,5-9H2,1-2H3/t11-,12?,13?/m1/s1. The molecule has 14 heavy (non-hydrogen) atoms. The topological polar surface area (TPSA) is 20.2 Å². The lowest BCUT2D eigenvalue weighted by Gasteiger charge is -2.40. The lowest BCUT2D eigenvalue weighted by molar-refractivity contribution is 0.125. The second-order valence-electron chi connectivity index (χ2n) is 5.33. The van der Waals surface area contributed by atoms with Crippen LogP contribution in [0.25, 0.3) is 0 Å². The number of rotatable bonds is 2. The molecule has 0 aromatic rings. The van der Waals surface area contributed by atoms with Crippen molar-refractivity contribution in [2.24, 2.45) is 17.3 Å².